The van der Waals surface area contributed by atoms with Crippen LogP contribution in [0.15, 0.2) is 37.3 Å². The Kier molecular flexibility index (Phi) is 2.83. The van der Waals surface area contributed by atoms with Gasteiger partial charge in [0.05, 0.1) is 55.6 Å². The van der Waals surface area contributed by atoms with Crippen molar-refractivity contribution in [2.45, 2.75) is 0 Å². The Labute approximate surface area is 156 Å². The van der Waals surface area contributed by atoms with Gasteiger partial charge in [-0.15, -0.1) is 5.10 Å². The molecule has 27 heavy (non-hydrogen) atoms. The summed E-state index contributed by atoms with van der Waals surface area (Å²) in [5.74, 6) is -3.10. The average molecular weight is 374 g/mol. The number of nitrogens with one attached hydrogen (secondary N) is 1. The number of rotatable bonds is 3. The van der Waals surface area contributed by atoms with Crippen LogP contribution in [0.1, 0.15) is 15.8 Å². The van der Waals surface area contributed by atoms with Crippen LogP contribution in [0.25, 0.3) is 16.9 Å². The van der Waals surface area contributed by atoms with Gasteiger partial charge in [-0.3, -0.25) is 9.78 Å². The van der Waals surface area contributed by atoms with Crippen LogP contribution >= 0.6 is 0 Å². The van der Waals surface area contributed by atoms with Crippen molar-refractivity contribution in [1.82, 2.24) is 29.1 Å². The molecule has 11 heteroatoms. The first-order chi connectivity index (χ1) is 14.6. The summed E-state index contributed by atoms with van der Waals surface area (Å²) in [4.78, 5) is 24.0. The van der Waals surface area contributed by atoms with E-state index < -0.39 is 30.7 Å². The maximum absolute atomic E-state index is 14.6. The first-order valence-corrected chi connectivity index (χ1v) is 7.37. The maximum Gasteiger partial charge on any atom is 0.263 e. The Bertz CT molecular complexity index is 1330. The van der Waals surface area contributed by atoms with E-state index in [0.717, 1.165) is 40.2 Å². The molecule has 4 aromatic heterocycles. The van der Waals surface area contributed by atoms with E-state index in [1.54, 1.807) is 0 Å². The zero-order valence-electron chi connectivity index (χ0n) is 17.3. The van der Waals surface area contributed by atoms with Crippen LogP contribution in [0.4, 0.5) is 20.3 Å². The number of amides is 1. The summed E-state index contributed by atoms with van der Waals surface area (Å²) in [5.41, 5.74) is 4.70. The zero-order valence-corrected chi connectivity index (χ0v) is 13.3. The second kappa shape index (κ2) is 6.12. The molecule has 0 bridgehead atoms. The highest BCUT2D eigenvalue weighted by atomic mass is 19.1. The first kappa shape index (κ1) is 12.5. The number of aromatic nitrogens is 6. The van der Waals surface area contributed by atoms with E-state index in [-0.39, 0.29) is 34.0 Å². The third-order valence-electron chi connectivity index (χ3n) is 3.69. The lowest BCUT2D eigenvalue weighted by Gasteiger charge is -2.11. The maximum atomic E-state index is 14.6. The second-order valence-corrected chi connectivity index (χ2v) is 5.38. The molecule has 0 saturated heterocycles. The van der Waals surface area contributed by atoms with Crippen molar-refractivity contribution in [3.05, 3.63) is 54.5 Å². The van der Waals surface area contributed by atoms with Crippen LogP contribution in [0.2, 0.25) is 0 Å². The molecule has 9 nitrogen and oxygen atoms in total. The number of fused-ring (bicyclic) bond motifs is 1. The highest BCUT2D eigenvalue weighted by Crippen LogP contribution is 2.30. The molecule has 3 N–H and O–H groups in total. The molecule has 0 aliphatic carbocycles. The highest BCUT2D eigenvalue weighted by Gasteiger charge is 2.22. The minimum atomic E-state index is -2.66. The van der Waals surface area contributed by atoms with Crippen molar-refractivity contribution in [2.75, 3.05) is 11.1 Å². The van der Waals surface area contributed by atoms with Gasteiger partial charge in [0.2, 0.25) is 0 Å². The Balaban J connectivity index is 1.81. The topological polar surface area (TPSA) is 116 Å². The molecule has 0 fully saturated rings. The van der Waals surface area contributed by atoms with E-state index in [1.165, 1.54) is 0 Å². The monoisotopic (exact) mass is 374 g/mol. The molecule has 4 heterocycles. The SMILES string of the molecule is [2H]c1nc2c(C(=O)Nc3cncc(F)c3-c3cncn3C([2H])([2H])[2H])c(N)nn2cc1F. The number of nitrogens with two attached hydrogens (primary N) is 1. The van der Waals surface area contributed by atoms with E-state index in [2.05, 4.69) is 25.4 Å². The lowest BCUT2D eigenvalue weighted by atomic mass is 10.1. The fourth-order valence-corrected chi connectivity index (χ4v) is 2.56. The minimum absolute atomic E-state index is 0.128. The van der Waals surface area contributed by atoms with Crippen molar-refractivity contribution >= 4 is 23.1 Å². The summed E-state index contributed by atoms with van der Waals surface area (Å²) < 4.78 is 60.1. The van der Waals surface area contributed by atoms with E-state index >= 15 is 0 Å². The van der Waals surface area contributed by atoms with Crippen molar-refractivity contribution in [3.8, 4) is 11.3 Å². The number of pyridine rings is 1. The average Bonchev–Trinajstić information content (AvgIpc) is 3.26. The number of hydrogen-bond donors (Lipinski definition) is 2. The number of aryl methyl sites for hydroxylation is 1. The van der Waals surface area contributed by atoms with Gasteiger partial charge < -0.3 is 15.6 Å². The van der Waals surface area contributed by atoms with Crippen LogP contribution in [0.5, 0.6) is 0 Å². The zero-order chi connectivity index (χ0) is 22.5. The summed E-state index contributed by atoms with van der Waals surface area (Å²) in [6, 6.07) is 0. The summed E-state index contributed by atoms with van der Waals surface area (Å²) in [6.07, 6.45) is 4.20. The molecule has 1 amide bonds. The Morgan fingerprint density at radius 2 is 2.19 bits per heavy atom. The number of imidazole rings is 1. The molecule has 0 unspecified atom stereocenters. The smallest absolute Gasteiger partial charge is 0.263 e. The van der Waals surface area contributed by atoms with Gasteiger partial charge in [-0.2, -0.15) is 0 Å². The normalized spacial score (nSPS) is 13.7. The molecular formula is C16H12F2N8O. The second-order valence-electron chi connectivity index (χ2n) is 5.38. The lowest BCUT2D eigenvalue weighted by molar-refractivity contribution is 0.102. The van der Waals surface area contributed by atoms with Crippen LogP contribution < -0.4 is 11.1 Å². The Morgan fingerprint density at radius 3 is 3.00 bits per heavy atom. The van der Waals surface area contributed by atoms with Gasteiger partial charge in [-0.1, -0.05) is 0 Å². The molecule has 0 atom stereocenters. The largest absolute Gasteiger partial charge is 0.381 e. The molecule has 0 aliphatic heterocycles. The minimum Gasteiger partial charge on any atom is -0.381 e. The first-order valence-electron chi connectivity index (χ1n) is 9.37. The highest BCUT2D eigenvalue weighted by molar-refractivity contribution is 6.12. The summed E-state index contributed by atoms with van der Waals surface area (Å²) >= 11 is 0. The van der Waals surface area contributed by atoms with E-state index in [1.807, 2.05) is 0 Å². The van der Waals surface area contributed by atoms with Gasteiger partial charge in [0.1, 0.15) is 5.56 Å². The molecule has 0 radical (unpaired) electrons. The van der Waals surface area contributed by atoms with E-state index in [0.29, 0.717) is 0 Å². The van der Waals surface area contributed by atoms with E-state index in [9.17, 15) is 13.6 Å². The van der Waals surface area contributed by atoms with Crippen LogP contribution in [-0.2, 0) is 6.98 Å². The van der Waals surface area contributed by atoms with Gasteiger partial charge in [0.15, 0.2) is 23.1 Å². The third-order valence-corrected chi connectivity index (χ3v) is 3.69. The Morgan fingerprint density at radius 1 is 1.33 bits per heavy atom. The quantitative estimate of drug-likeness (QED) is 0.563. The van der Waals surface area contributed by atoms with Gasteiger partial charge in [-0.05, 0) is 0 Å². The number of carbonyl (C=O) groups is 1. The molecular weight excluding hydrogens is 358 g/mol. The standard InChI is InChI=1S/C16H12F2N8O/c1-25-7-21-5-11(25)12-9(18)3-20-4-10(12)23-16(27)13-14(19)24-26-6-8(17)2-22-15(13)26/h2-7H,1H3,(H2,19,24)(H,23,27)/i1D3,2D. The summed E-state index contributed by atoms with van der Waals surface area (Å²) in [7, 11) is 0. The van der Waals surface area contributed by atoms with Crippen molar-refractivity contribution < 1.29 is 19.1 Å². The molecule has 0 aromatic carbocycles. The number of carbonyl (C=O) groups excluding carboxylic acids is 1. The predicted molar refractivity (Wildman–Crippen MR) is 91.7 cm³/mol. The van der Waals surface area contributed by atoms with Crippen LogP contribution in [0.3, 0.4) is 0 Å². The molecule has 0 spiro atoms. The number of halogens is 2. The van der Waals surface area contributed by atoms with Crippen molar-refractivity contribution in [1.29, 1.82) is 0 Å². The fourth-order valence-electron chi connectivity index (χ4n) is 2.56. The fraction of sp³-hybridized carbons (Fsp3) is 0.0625. The van der Waals surface area contributed by atoms with Crippen molar-refractivity contribution in [2.24, 2.45) is 6.98 Å². The lowest BCUT2D eigenvalue weighted by Crippen LogP contribution is -2.15. The molecule has 4 rings (SSSR count). The number of nitrogen functional groups attached to an aromatic ring is 1. The Hall–Kier alpha value is -3.89. The number of nitrogens with zero attached hydrogens (tertiary/aromatic N) is 6. The number of anilines is 2. The van der Waals surface area contributed by atoms with Gasteiger partial charge in [-0.25, -0.2) is 23.3 Å². The third kappa shape index (κ3) is 2.74. The van der Waals surface area contributed by atoms with Gasteiger partial charge in [0.25, 0.3) is 5.91 Å². The summed E-state index contributed by atoms with van der Waals surface area (Å²) in [6.45, 7) is -2.66. The van der Waals surface area contributed by atoms with Gasteiger partial charge >= 0.3 is 0 Å². The van der Waals surface area contributed by atoms with E-state index in [4.69, 9.17) is 11.2 Å². The van der Waals surface area contributed by atoms with Crippen molar-refractivity contribution in [3.63, 3.8) is 0 Å². The van der Waals surface area contributed by atoms with Crippen LogP contribution in [0, 0.1) is 11.6 Å². The molecule has 4 aromatic rings. The van der Waals surface area contributed by atoms with Crippen LogP contribution in [-0.4, -0.2) is 35.0 Å². The molecule has 0 aliphatic rings. The number of hydrogen-bond acceptors (Lipinski definition) is 6. The summed E-state index contributed by atoms with van der Waals surface area (Å²) in [5, 5.41) is 6.18. The van der Waals surface area contributed by atoms with Gasteiger partial charge in [0, 0.05) is 11.1 Å². The predicted octanol–water partition coefficient (Wildman–Crippen LogP) is 1.64. The molecule has 136 valence electrons. The molecule has 0 saturated carbocycles.